The maximum absolute atomic E-state index is 11.6. The Morgan fingerprint density at radius 1 is 1.53 bits per heavy atom. The molecule has 3 N–H and O–H groups in total. The maximum Gasteiger partial charge on any atom is 0.322 e. The van der Waals surface area contributed by atoms with Crippen LogP contribution in [-0.2, 0) is 19.3 Å². The average molecular weight is 236 g/mol. The summed E-state index contributed by atoms with van der Waals surface area (Å²) in [6, 6.07) is -0.761. The molecular formula is C9H20N2O3S. The number of ether oxygens (including phenoxy) is 1. The Bertz CT molecular complexity index is 288. The lowest BCUT2D eigenvalue weighted by Gasteiger charge is -2.10. The molecule has 90 valence electrons. The number of unbranched alkanes of at least 4 members (excludes halogenated alkanes) is 1. The van der Waals surface area contributed by atoms with E-state index in [0.29, 0.717) is 5.75 Å². The zero-order valence-corrected chi connectivity index (χ0v) is 10.1. The molecule has 0 amide bonds. The van der Waals surface area contributed by atoms with E-state index in [1.165, 1.54) is 7.11 Å². The first-order chi connectivity index (χ1) is 6.93. The highest BCUT2D eigenvalue weighted by atomic mass is 32.2. The van der Waals surface area contributed by atoms with Gasteiger partial charge in [0.25, 0.3) is 0 Å². The Morgan fingerprint density at radius 2 is 2.13 bits per heavy atom. The molecule has 0 spiro atoms. The van der Waals surface area contributed by atoms with Crippen LogP contribution >= 0.6 is 0 Å². The molecule has 0 fully saturated rings. The first-order valence-corrected chi connectivity index (χ1v) is 6.90. The van der Waals surface area contributed by atoms with Crippen molar-refractivity contribution in [2.75, 3.05) is 18.6 Å². The summed E-state index contributed by atoms with van der Waals surface area (Å²) < 4.78 is 23.6. The molecule has 0 saturated heterocycles. The van der Waals surface area contributed by atoms with Gasteiger partial charge in [-0.25, -0.2) is 4.21 Å². The molecule has 0 aliphatic carbocycles. The maximum atomic E-state index is 11.6. The summed E-state index contributed by atoms with van der Waals surface area (Å²) in [5, 5.41) is 0. The molecule has 2 unspecified atom stereocenters. The Morgan fingerprint density at radius 3 is 2.60 bits per heavy atom. The topological polar surface area (TPSA) is 93.2 Å². The van der Waals surface area contributed by atoms with Gasteiger partial charge in [0.1, 0.15) is 6.04 Å². The van der Waals surface area contributed by atoms with Crippen LogP contribution in [0.1, 0.15) is 26.2 Å². The van der Waals surface area contributed by atoms with Crippen molar-refractivity contribution in [3.63, 3.8) is 0 Å². The van der Waals surface area contributed by atoms with Crippen molar-refractivity contribution >= 4 is 15.7 Å². The molecule has 0 radical (unpaired) electrons. The third kappa shape index (κ3) is 6.46. The summed E-state index contributed by atoms with van der Waals surface area (Å²) in [4.78, 5) is 10.9. The van der Waals surface area contributed by atoms with Gasteiger partial charge in [0.2, 0.25) is 0 Å². The number of rotatable bonds is 7. The number of hydrogen-bond acceptors (Lipinski definition) is 5. The van der Waals surface area contributed by atoms with Crippen molar-refractivity contribution in [2.24, 2.45) is 5.73 Å². The van der Waals surface area contributed by atoms with Crippen LogP contribution in [0, 0.1) is 4.78 Å². The van der Waals surface area contributed by atoms with E-state index in [1.807, 2.05) is 6.92 Å². The highest BCUT2D eigenvalue weighted by molar-refractivity contribution is 7.92. The fourth-order valence-electron chi connectivity index (χ4n) is 1.07. The van der Waals surface area contributed by atoms with Crippen LogP contribution in [0.4, 0.5) is 0 Å². The van der Waals surface area contributed by atoms with Crippen LogP contribution in [0.15, 0.2) is 0 Å². The van der Waals surface area contributed by atoms with E-state index in [2.05, 4.69) is 4.74 Å². The molecule has 15 heavy (non-hydrogen) atoms. The van der Waals surface area contributed by atoms with Gasteiger partial charge in [0, 0.05) is 21.2 Å². The number of carbonyl (C=O) groups is 1. The Hall–Kier alpha value is -0.620. The van der Waals surface area contributed by atoms with Gasteiger partial charge in [-0.05, 0) is 12.8 Å². The second-order valence-corrected chi connectivity index (χ2v) is 5.93. The third-order valence-electron chi connectivity index (χ3n) is 2.09. The lowest BCUT2D eigenvalue weighted by atomic mass is 10.2. The highest BCUT2D eigenvalue weighted by Crippen LogP contribution is 2.02. The van der Waals surface area contributed by atoms with E-state index >= 15 is 0 Å². The van der Waals surface area contributed by atoms with Crippen molar-refractivity contribution in [3.05, 3.63) is 0 Å². The van der Waals surface area contributed by atoms with Gasteiger partial charge in [-0.1, -0.05) is 13.3 Å². The largest absolute Gasteiger partial charge is 0.468 e. The minimum Gasteiger partial charge on any atom is -0.468 e. The van der Waals surface area contributed by atoms with E-state index in [0.717, 1.165) is 12.8 Å². The first kappa shape index (κ1) is 14.4. The molecule has 0 rings (SSSR count). The summed E-state index contributed by atoms with van der Waals surface area (Å²) in [5.74, 6) is 0.0430. The second kappa shape index (κ2) is 6.79. The average Bonchev–Trinajstić information content (AvgIpc) is 2.22. The predicted molar refractivity (Wildman–Crippen MR) is 60.1 cm³/mol. The lowest BCUT2D eigenvalue weighted by molar-refractivity contribution is -0.142. The monoisotopic (exact) mass is 236 g/mol. The number of carbonyl (C=O) groups excluding carboxylic acids is 1. The standard InChI is InChI=1S/C9H20N2O3S/c1-3-4-6-15(11,13)7-5-8(10)9(12)14-2/h8,11H,3-7,10H2,1-2H3. The van der Waals surface area contributed by atoms with E-state index in [4.69, 9.17) is 10.5 Å². The van der Waals surface area contributed by atoms with Gasteiger partial charge in [-0.15, -0.1) is 0 Å². The fourth-order valence-corrected chi connectivity index (χ4v) is 2.66. The Balaban J connectivity index is 3.98. The van der Waals surface area contributed by atoms with E-state index < -0.39 is 21.7 Å². The highest BCUT2D eigenvalue weighted by Gasteiger charge is 2.16. The van der Waals surface area contributed by atoms with Gasteiger partial charge in [-0.2, -0.15) is 0 Å². The molecule has 0 saturated carbocycles. The van der Waals surface area contributed by atoms with Gasteiger partial charge in [0.15, 0.2) is 0 Å². The van der Waals surface area contributed by atoms with Gasteiger partial charge >= 0.3 is 5.97 Å². The second-order valence-electron chi connectivity index (χ2n) is 3.49. The number of esters is 1. The zero-order valence-electron chi connectivity index (χ0n) is 9.32. The van der Waals surface area contributed by atoms with Crippen LogP contribution in [0.5, 0.6) is 0 Å². The van der Waals surface area contributed by atoms with Gasteiger partial charge in [-0.3, -0.25) is 9.57 Å². The molecule has 0 bridgehead atoms. The molecule has 0 aromatic carbocycles. The third-order valence-corrected chi connectivity index (χ3v) is 3.93. The quantitative estimate of drug-likeness (QED) is 0.637. The molecule has 6 heteroatoms. The van der Waals surface area contributed by atoms with Crippen molar-refractivity contribution < 1.29 is 13.7 Å². The summed E-state index contributed by atoms with van der Waals surface area (Å²) in [5.41, 5.74) is 5.48. The summed E-state index contributed by atoms with van der Waals surface area (Å²) in [7, 11) is -1.31. The molecule has 0 heterocycles. The summed E-state index contributed by atoms with van der Waals surface area (Å²) >= 11 is 0. The molecular weight excluding hydrogens is 216 g/mol. The van der Waals surface area contributed by atoms with Gasteiger partial charge in [0.05, 0.1) is 7.11 Å². The minimum atomic E-state index is -2.57. The van der Waals surface area contributed by atoms with Crippen LogP contribution in [0.25, 0.3) is 0 Å². The van der Waals surface area contributed by atoms with Crippen molar-refractivity contribution in [1.82, 2.24) is 0 Å². The van der Waals surface area contributed by atoms with Crippen LogP contribution in [-0.4, -0.2) is 34.8 Å². The normalized spacial score (nSPS) is 16.7. The summed E-state index contributed by atoms with van der Waals surface area (Å²) in [6.07, 6.45) is 1.94. The zero-order chi connectivity index (χ0) is 11.9. The lowest BCUT2D eigenvalue weighted by Crippen LogP contribution is -2.33. The number of methoxy groups -OCH3 is 1. The molecule has 5 nitrogen and oxygen atoms in total. The Labute approximate surface area is 91.3 Å². The molecule has 0 aromatic heterocycles. The van der Waals surface area contributed by atoms with Crippen molar-refractivity contribution in [3.8, 4) is 0 Å². The van der Waals surface area contributed by atoms with E-state index in [1.54, 1.807) is 0 Å². The number of hydrogen-bond donors (Lipinski definition) is 2. The first-order valence-electron chi connectivity index (χ1n) is 5.00. The number of nitrogens with one attached hydrogen (secondary N) is 1. The molecule has 0 aliphatic heterocycles. The van der Waals surface area contributed by atoms with Crippen molar-refractivity contribution in [2.45, 2.75) is 32.2 Å². The van der Waals surface area contributed by atoms with Crippen LogP contribution in [0.3, 0.4) is 0 Å². The molecule has 0 aromatic rings. The Kier molecular flexibility index (Phi) is 6.51. The minimum absolute atomic E-state index is 0.170. The predicted octanol–water partition coefficient (Wildman–Crippen LogP) is 0.724. The van der Waals surface area contributed by atoms with Crippen LogP contribution in [0.2, 0.25) is 0 Å². The van der Waals surface area contributed by atoms with Crippen LogP contribution < -0.4 is 5.73 Å². The smallest absolute Gasteiger partial charge is 0.322 e. The van der Waals surface area contributed by atoms with Crippen molar-refractivity contribution in [1.29, 1.82) is 4.78 Å². The van der Waals surface area contributed by atoms with E-state index in [-0.39, 0.29) is 12.2 Å². The SMILES string of the molecule is CCCCS(=N)(=O)CCC(N)C(=O)OC. The molecule has 2 atom stereocenters. The molecule has 0 aliphatic rings. The number of nitrogens with two attached hydrogens (primary N) is 1. The van der Waals surface area contributed by atoms with Gasteiger partial charge < -0.3 is 10.5 Å². The summed E-state index contributed by atoms with van der Waals surface area (Å²) in [6.45, 7) is 1.98. The fraction of sp³-hybridized carbons (Fsp3) is 0.889. The van der Waals surface area contributed by atoms with E-state index in [9.17, 15) is 9.00 Å².